The minimum absolute atomic E-state index is 0.0528. The van der Waals surface area contributed by atoms with Gasteiger partial charge in [0.25, 0.3) is 0 Å². The zero-order chi connectivity index (χ0) is 21.8. The number of nitrogens with one attached hydrogen (secondary N) is 1. The summed E-state index contributed by atoms with van der Waals surface area (Å²) in [6, 6.07) is 5.92. The molecule has 8 heteroatoms. The molecule has 1 fully saturated rings. The molecule has 0 bridgehead atoms. The van der Waals surface area contributed by atoms with Crippen LogP contribution >= 0.6 is 0 Å². The van der Waals surface area contributed by atoms with Gasteiger partial charge in [-0.05, 0) is 36.3 Å². The van der Waals surface area contributed by atoms with E-state index in [-0.39, 0.29) is 17.7 Å². The van der Waals surface area contributed by atoms with Crippen LogP contribution in [0.2, 0.25) is 0 Å². The lowest BCUT2D eigenvalue weighted by Crippen LogP contribution is -2.44. The van der Waals surface area contributed by atoms with E-state index in [4.69, 9.17) is 10.5 Å². The summed E-state index contributed by atoms with van der Waals surface area (Å²) in [4.78, 5) is 31.0. The molecular formula is C23H27N5O3. The number of benzene rings is 1. The lowest BCUT2D eigenvalue weighted by Gasteiger charge is -2.37. The maximum Gasteiger partial charge on any atom is 0.246 e. The standard InChI is InChI=1S/C23H27N5O3/c1-2-18(22(24)30)23(8-3-9-25-15-23)16-4-5-19-17(14-16)20(27-26-19)6-7-21(29)28-10-12-31-13-11-28/h3-9,14,18H,2,10-13,15H2,1H3,(H2,24,30)(H,26,27). The molecule has 3 heterocycles. The van der Waals surface area contributed by atoms with E-state index in [1.807, 2.05) is 37.3 Å². The first-order valence-electron chi connectivity index (χ1n) is 10.6. The highest BCUT2D eigenvalue weighted by Crippen LogP contribution is 2.39. The van der Waals surface area contributed by atoms with E-state index < -0.39 is 5.41 Å². The molecule has 8 nitrogen and oxygen atoms in total. The summed E-state index contributed by atoms with van der Waals surface area (Å²) in [5.74, 6) is -0.775. The van der Waals surface area contributed by atoms with Crippen molar-refractivity contribution in [1.29, 1.82) is 0 Å². The van der Waals surface area contributed by atoms with E-state index >= 15 is 0 Å². The Hall–Kier alpha value is -3.26. The van der Waals surface area contributed by atoms with Crippen LogP contribution in [0, 0.1) is 5.92 Å². The zero-order valence-electron chi connectivity index (χ0n) is 17.6. The molecule has 3 N–H and O–H groups in total. The van der Waals surface area contributed by atoms with E-state index in [2.05, 4.69) is 15.2 Å². The number of ether oxygens (including phenoxy) is 1. The number of allylic oxidation sites excluding steroid dienone is 1. The summed E-state index contributed by atoms with van der Waals surface area (Å²) in [6.45, 7) is 4.73. The van der Waals surface area contributed by atoms with Crippen molar-refractivity contribution in [3.8, 4) is 0 Å². The number of hydrogen-bond acceptors (Lipinski definition) is 5. The summed E-state index contributed by atoms with van der Waals surface area (Å²) in [6.07, 6.45) is 9.56. The van der Waals surface area contributed by atoms with E-state index in [0.29, 0.717) is 39.3 Å². The molecule has 1 saturated heterocycles. The van der Waals surface area contributed by atoms with Crippen molar-refractivity contribution in [3.05, 3.63) is 47.7 Å². The number of carbonyl (C=O) groups is 2. The predicted octanol–water partition coefficient (Wildman–Crippen LogP) is 1.82. The number of aliphatic imine (C=N–C) groups is 1. The summed E-state index contributed by atoms with van der Waals surface area (Å²) in [5, 5.41) is 8.25. The fourth-order valence-electron chi connectivity index (χ4n) is 4.46. The Morgan fingerprint density at radius 1 is 1.35 bits per heavy atom. The Morgan fingerprint density at radius 2 is 2.16 bits per heavy atom. The number of H-pyrrole nitrogens is 1. The van der Waals surface area contributed by atoms with Gasteiger partial charge in [-0.3, -0.25) is 19.7 Å². The van der Waals surface area contributed by atoms with Crippen LogP contribution in [0.1, 0.15) is 24.6 Å². The number of hydrogen-bond donors (Lipinski definition) is 2. The van der Waals surface area contributed by atoms with E-state index in [9.17, 15) is 9.59 Å². The van der Waals surface area contributed by atoms with Gasteiger partial charge in [0.1, 0.15) is 0 Å². The van der Waals surface area contributed by atoms with Gasteiger partial charge in [-0.25, -0.2) is 0 Å². The van der Waals surface area contributed by atoms with E-state index in [0.717, 1.165) is 22.2 Å². The summed E-state index contributed by atoms with van der Waals surface area (Å²) < 4.78 is 5.30. The Kier molecular flexibility index (Phi) is 5.99. The number of aromatic nitrogens is 2. The number of dihydropyridines is 1. The molecule has 4 rings (SSSR count). The maximum atomic E-state index is 12.5. The van der Waals surface area contributed by atoms with E-state index in [1.165, 1.54) is 0 Å². The number of fused-ring (bicyclic) bond motifs is 1. The first-order valence-corrected chi connectivity index (χ1v) is 10.6. The predicted molar refractivity (Wildman–Crippen MR) is 120 cm³/mol. The van der Waals surface area contributed by atoms with Crippen molar-refractivity contribution in [2.24, 2.45) is 16.6 Å². The molecule has 0 radical (unpaired) electrons. The highest BCUT2D eigenvalue weighted by Gasteiger charge is 2.41. The molecule has 2 amide bonds. The third-order valence-electron chi connectivity index (χ3n) is 6.15. The molecule has 2 aliphatic rings. The van der Waals surface area contributed by atoms with Crippen LogP contribution in [0.25, 0.3) is 17.0 Å². The lowest BCUT2D eigenvalue weighted by molar-refractivity contribution is -0.130. The van der Waals surface area contributed by atoms with Gasteiger partial charge < -0.3 is 15.4 Å². The molecule has 2 atom stereocenters. The second-order valence-electron chi connectivity index (χ2n) is 7.89. The van der Waals surface area contributed by atoms with Crippen molar-refractivity contribution < 1.29 is 14.3 Å². The Bertz CT molecular complexity index is 1060. The monoisotopic (exact) mass is 421 g/mol. The van der Waals surface area contributed by atoms with Crippen LogP contribution in [0.5, 0.6) is 0 Å². The van der Waals surface area contributed by atoms with Crippen LogP contribution in [-0.4, -0.2) is 66.0 Å². The topological polar surface area (TPSA) is 114 Å². The fraction of sp³-hybridized carbons (Fsp3) is 0.391. The number of amides is 2. The third kappa shape index (κ3) is 4.03. The zero-order valence-corrected chi connectivity index (χ0v) is 17.6. The highest BCUT2D eigenvalue weighted by atomic mass is 16.5. The molecule has 1 aromatic heterocycles. The summed E-state index contributed by atoms with van der Waals surface area (Å²) in [5.41, 5.74) is 7.64. The molecule has 2 aliphatic heterocycles. The van der Waals surface area contributed by atoms with Crippen molar-refractivity contribution in [1.82, 2.24) is 15.1 Å². The number of aromatic amines is 1. The highest BCUT2D eigenvalue weighted by molar-refractivity contribution is 5.95. The molecular weight excluding hydrogens is 394 g/mol. The third-order valence-corrected chi connectivity index (χ3v) is 6.15. The van der Waals surface area contributed by atoms with Crippen molar-refractivity contribution in [3.63, 3.8) is 0 Å². The van der Waals surface area contributed by atoms with E-state index in [1.54, 1.807) is 23.3 Å². The van der Waals surface area contributed by atoms with Crippen LogP contribution in [0.15, 0.2) is 41.4 Å². The number of primary amides is 1. The van der Waals surface area contributed by atoms with Crippen molar-refractivity contribution >= 4 is 35.0 Å². The van der Waals surface area contributed by atoms with Gasteiger partial charge in [-0.15, -0.1) is 0 Å². The smallest absolute Gasteiger partial charge is 0.246 e. The average molecular weight is 422 g/mol. The number of nitrogens with two attached hydrogens (primary N) is 1. The Morgan fingerprint density at radius 3 is 2.84 bits per heavy atom. The van der Waals surface area contributed by atoms with Crippen LogP contribution in [0.4, 0.5) is 0 Å². The molecule has 2 aromatic rings. The van der Waals surface area contributed by atoms with Gasteiger partial charge >= 0.3 is 0 Å². The van der Waals surface area contributed by atoms with Gasteiger partial charge in [-0.2, -0.15) is 5.10 Å². The molecule has 1 aromatic carbocycles. The molecule has 2 unspecified atom stereocenters. The number of morpholine rings is 1. The molecule has 0 spiro atoms. The first kappa shape index (κ1) is 21.0. The average Bonchev–Trinajstić information content (AvgIpc) is 3.21. The largest absolute Gasteiger partial charge is 0.378 e. The van der Waals surface area contributed by atoms with Gasteiger partial charge in [0.15, 0.2) is 0 Å². The second kappa shape index (κ2) is 8.85. The number of carbonyl (C=O) groups excluding carboxylic acids is 2. The SMILES string of the molecule is CCC(C(N)=O)C1(c2ccc3n[nH]c(C=CC(=O)N4CCOCC4)c3c2)C=CC=NC1. The molecule has 0 saturated carbocycles. The second-order valence-corrected chi connectivity index (χ2v) is 7.89. The minimum Gasteiger partial charge on any atom is -0.378 e. The summed E-state index contributed by atoms with van der Waals surface area (Å²) in [7, 11) is 0. The number of rotatable bonds is 6. The molecule has 31 heavy (non-hydrogen) atoms. The van der Waals surface area contributed by atoms with Crippen molar-refractivity contribution in [2.75, 3.05) is 32.8 Å². The fourth-order valence-corrected chi connectivity index (χ4v) is 4.46. The van der Waals surface area contributed by atoms with Crippen LogP contribution in [-0.2, 0) is 19.7 Å². The van der Waals surface area contributed by atoms with Gasteiger partial charge in [-0.1, -0.05) is 19.1 Å². The minimum atomic E-state index is -0.606. The number of nitrogens with zero attached hydrogens (tertiary/aromatic N) is 3. The lowest BCUT2D eigenvalue weighted by atomic mass is 9.67. The summed E-state index contributed by atoms with van der Waals surface area (Å²) >= 11 is 0. The molecule has 0 aliphatic carbocycles. The van der Waals surface area contributed by atoms with Crippen LogP contribution in [0.3, 0.4) is 0 Å². The Labute approximate surface area is 180 Å². The normalized spacial score (nSPS) is 22.3. The van der Waals surface area contributed by atoms with Crippen LogP contribution < -0.4 is 5.73 Å². The first-order chi connectivity index (χ1) is 15.0. The van der Waals surface area contributed by atoms with Gasteiger partial charge in [0.05, 0.1) is 36.9 Å². The molecule has 162 valence electrons. The maximum absolute atomic E-state index is 12.5. The van der Waals surface area contributed by atoms with Crippen molar-refractivity contribution in [2.45, 2.75) is 18.8 Å². The quantitative estimate of drug-likeness (QED) is 0.693. The van der Waals surface area contributed by atoms with Gasteiger partial charge in [0.2, 0.25) is 11.8 Å². The Balaban J connectivity index is 1.69. The van der Waals surface area contributed by atoms with Gasteiger partial charge in [0, 0.05) is 36.2 Å².